The average molecular weight is 226 g/mol. The molecule has 2 atom stereocenters. The van der Waals surface area contributed by atoms with E-state index in [2.05, 4.69) is 24.3 Å². The third kappa shape index (κ3) is 1.84. The molecule has 0 aliphatic heterocycles. The van der Waals surface area contributed by atoms with Crippen LogP contribution in [0.2, 0.25) is 0 Å². The van der Waals surface area contributed by atoms with Crippen molar-refractivity contribution in [2.24, 2.45) is 5.92 Å². The first kappa shape index (κ1) is 10.8. The van der Waals surface area contributed by atoms with Crippen molar-refractivity contribution in [3.05, 3.63) is 47.0 Å². The van der Waals surface area contributed by atoms with Crippen molar-refractivity contribution in [1.82, 2.24) is 0 Å². The number of allylic oxidation sites excluding steroid dienone is 2. The van der Waals surface area contributed by atoms with Crippen molar-refractivity contribution >= 4 is 6.29 Å². The minimum absolute atomic E-state index is 0.156. The zero-order chi connectivity index (χ0) is 11.7. The second-order valence-electron chi connectivity index (χ2n) is 5.20. The van der Waals surface area contributed by atoms with E-state index >= 15 is 0 Å². The first-order valence-electron chi connectivity index (χ1n) is 6.61. The Labute approximate surface area is 103 Å². The lowest BCUT2D eigenvalue weighted by atomic mass is 9.73. The molecule has 1 aromatic rings. The highest BCUT2D eigenvalue weighted by Gasteiger charge is 2.33. The van der Waals surface area contributed by atoms with Gasteiger partial charge >= 0.3 is 0 Å². The molecule has 88 valence electrons. The smallest absolute Gasteiger partial charge is 0.127 e. The summed E-state index contributed by atoms with van der Waals surface area (Å²) in [7, 11) is 0. The van der Waals surface area contributed by atoms with Gasteiger partial charge in [0, 0.05) is 5.92 Å². The van der Waals surface area contributed by atoms with Crippen LogP contribution >= 0.6 is 0 Å². The summed E-state index contributed by atoms with van der Waals surface area (Å²) in [5.74, 6) is 0.578. The van der Waals surface area contributed by atoms with E-state index < -0.39 is 0 Å². The number of benzene rings is 1. The molecule has 2 aliphatic carbocycles. The molecule has 0 bridgehead atoms. The summed E-state index contributed by atoms with van der Waals surface area (Å²) in [6.45, 7) is 0. The Morgan fingerprint density at radius 1 is 1.06 bits per heavy atom. The van der Waals surface area contributed by atoms with Gasteiger partial charge in [-0.15, -0.1) is 0 Å². The normalized spacial score (nSPS) is 28.0. The molecule has 0 N–H and O–H groups in total. The molecule has 2 unspecified atom stereocenters. The van der Waals surface area contributed by atoms with E-state index in [9.17, 15) is 4.79 Å². The van der Waals surface area contributed by atoms with Gasteiger partial charge in [-0.25, -0.2) is 0 Å². The van der Waals surface area contributed by atoms with Crippen molar-refractivity contribution < 1.29 is 4.79 Å². The Hall–Kier alpha value is -1.37. The predicted octanol–water partition coefficient (Wildman–Crippen LogP) is 3.86. The molecule has 0 saturated heterocycles. The molecule has 1 heteroatoms. The third-order valence-electron chi connectivity index (χ3n) is 4.35. The topological polar surface area (TPSA) is 17.1 Å². The van der Waals surface area contributed by atoms with Gasteiger partial charge < -0.3 is 4.79 Å². The number of carbonyl (C=O) groups excluding carboxylic acids is 1. The zero-order valence-corrected chi connectivity index (χ0v) is 10.1. The second kappa shape index (κ2) is 4.48. The van der Waals surface area contributed by atoms with Gasteiger partial charge in [-0.05, 0) is 43.6 Å². The van der Waals surface area contributed by atoms with Gasteiger partial charge in [0.15, 0.2) is 0 Å². The minimum Gasteiger partial charge on any atom is -0.303 e. The van der Waals surface area contributed by atoms with Crippen molar-refractivity contribution in [3.8, 4) is 0 Å². The first-order valence-corrected chi connectivity index (χ1v) is 6.61. The van der Waals surface area contributed by atoms with Crippen molar-refractivity contribution in [1.29, 1.82) is 0 Å². The number of hydrogen-bond acceptors (Lipinski definition) is 1. The van der Waals surface area contributed by atoms with Crippen LogP contribution in [0.5, 0.6) is 0 Å². The van der Waals surface area contributed by atoms with Crippen LogP contribution < -0.4 is 0 Å². The highest BCUT2D eigenvalue weighted by Crippen LogP contribution is 2.46. The third-order valence-corrected chi connectivity index (χ3v) is 4.35. The lowest BCUT2D eigenvalue weighted by Gasteiger charge is -2.30. The van der Waals surface area contributed by atoms with E-state index in [1.165, 1.54) is 36.7 Å². The molecular weight excluding hydrogens is 208 g/mol. The van der Waals surface area contributed by atoms with Gasteiger partial charge in [-0.1, -0.05) is 41.5 Å². The molecule has 0 fully saturated rings. The molecule has 0 aromatic heterocycles. The molecule has 3 rings (SSSR count). The number of aldehydes is 1. The summed E-state index contributed by atoms with van der Waals surface area (Å²) in [6.07, 6.45) is 7.20. The number of hydrogen-bond donors (Lipinski definition) is 0. The number of carbonyl (C=O) groups is 1. The van der Waals surface area contributed by atoms with E-state index in [0.29, 0.717) is 5.92 Å². The van der Waals surface area contributed by atoms with E-state index in [1.807, 2.05) is 6.07 Å². The quantitative estimate of drug-likeness (QED) is 0.553. The summed E-state index contributed by atoms with van der Waals surface area (Å²) in [6, 6.07) is 10.5. The van der Waals surface area contributed by atoms with Gasteiger partial charge in [-0.3, -0.25) is 0 Å². The Kier molecular flexibility index (Phi) is 2.84. The second-order valence-corrected chi connectivity index (χ2v) is 5.20. The highest BCUT2D eigenvalue weighted by molar-refractivity contribution is 5.63. The summed E-state index contributed by atoms with van der Waals surface area (Å²) >= 11 is 0. The first-order chi connectivity index (χ1) is 8.40. The van der Waals surface area contributed by atoms with Crippen LogP contribution in [0.3, 0.4) is 0 Å². The largest absolute Gasteiger partial charge is 0.303 e. The summed E-state index contributed by atoms with van der Waals surface area (Å²) in [5.41, 5.74) is 4.40. The zero-order valence-electron chi connectivity index (χ0n) is 10.1. The van der Waals surface area contributed by atoms with Gasteiger partial charge in [0.1, 0.15) is 6.29 Å². The summed E-state index contributed by atoms with van der Waals surface area (Å²) in [5, 5.41) is 0. The van der Waals surface area contributed by atoms with Crippen LogP contribution in [0.25, 0.3) is 0 Å². The standard InChI is InChI=1S/C16H18O/c17-11-16-14-8-4-7-13(14)9-10-15(16)12-5-2-1-3-6-12/h1-3,5-6,11,15-16H,4,7-10H2. The molecule has 17 heavy (non-hydrogen) atoms. The van der Waals surface area contributed by atoms with Crippen molar-refractivity contribution in [2.45, 2.75) is 38.0 Å². The van der Waals surface area contributed by atoms with Gasteiger partial charge in [-0.2, -0.15) is 0 Å². The van der Waals surface area contributed by atoms with E-state index in [1.54, 1.807) is 5.57 Å². The van der Waals surface area contributed by atoms with Crippen molar-refractivity contribution in [2.75, 3.05) is 0 Å². The molecule has 0 saturated carbocycles. The van der Waals surface area contributed by atoms with Crippen LogP contribution in [0.4, 0.5) is 0 Å². The summed E-state index contributed by atoms with van der Waals surface area (Å²) in [4.78, 5) is 11.5. The van der Waals surface area contributed by atoms with E-state index in [4.69, 9.17) is 0 Å². The van der Waals surface area contributed by atoms with Gasteiger partial charge in [0.05, 0.1) is 0 Å². The Balaban J connectivity index is 1.95. The molecular formula is C16H18O. The van der Waals surface area contributed by atoms with Gasteiger partial charge in [0.2, 0.25) is 0 Å². The maximum Gasteiger partial charge on any atom is 0.127 e. The predicted molar refractivity (Wildman–Crippen MR) is 68.8 cm³/mol. The fraction of sp³-hybridized carbons (Fsp3) is 0.438. The molecule has 1 nitrogen and oxygen atoms in total. The van der Waals surface area contributed by atoms with Crippen LogP contribution in [0, 0.1) is 5.92 Å². The molecule has 0 spiro atoms. The summed E-state index contributed by atoms with van der Waals surface area (Å²) < 4.78 is 0. The van der Waals surface area contributed by atoms with Crippen LogP contribution in [-0.2, 0) is 4.79 Å². The Bertz CT molecular complexity index is 444. The number of rotatable bonds is 2. The lowest BCUT2D eigenvalue weighted by molar-refractivity contribution is -0.110. The molecule has 0 radical (unpaired) electrons. The van der Waals surface area contributed by atoms with Crippen LogP contribution in [0.15, 0.2) is 41.5 Å². The Morgan fingerprint density at radius 2 is 1.88 bits per heavy atom. The van der Waals surface area contributed by atoms with Crippen LogP contribution in [0.1, 0.15) is 43.6 Å². The van der Waals surface area contributed by atoms with Crippen molar-refractivity contribution in [3.63, 3.8) is 0 Å². The SMILES string of the molecule is O=CC1C2=C(CCC2)CCC1c1ccccc1. The molecule has 1 aromatic carbocycles. The maximum absolute atomic E-state index is 11.5. The molecule has 2 aliphatic rings. The molecule has 0 heterocycles. The fourth-order valence-corrected chi connectivity index (χ4v) is 3.52. The van der Waals surface area contributed by atoms with E-state index in [-0.39, 0.29) is 5.92 Å². The van der Waals surface area contributed by atoms with Crippen LogP contribution in [-0.4, -0.2) is 6.29 Å². The Morgan fingerprint density at radius 3 is 2.65 bits per heavy atom. The monoisotopic (exact) mass is 226 g/mol. The average Bonchev–Trinajstić information content (AvgIpc) is 2.86. The highest BCUT2D eigenvalue weighted by atomic mass is 16.1. The molecule has 0 amide bonds. The lowest BCUT2D eigenvalue weighted by Crippen LogP contribution is -2.21. The van der Waals surface area contributed by atoms with E-state index in [0.717, 1.165) is 12.8 Å². The fourth-order valence-electron chi connectivity index (χ4n) is 3.52. The maximum atomic E-state index is 11.5. The minimum atomic E-state index is 0.156. The van der Waals surface area contributed by atoms with Gasteiger partial charge in [0.25, 0.3) is 0 Å².